The van der Waals surface area contributed by atoms with Crippen molar-refractivity contribution >= 4 is 6.03 Å². The summed E-state index contributed by atoms with van der Waals surface area (Å²) in [5.74, 6) is 0. The van der Waals surface area contributed by atoms with Crippen LogP contribution in [0.5, 0.6) is 0 Å². The first-order chi connectivity index (χ1) is 5.75. The Labute approximate surface area is 73.9 Å². The Kier molecular flexibility index (Phi) is 3.38. The normalized spacial score (nSPS) is 23.1. The lowest BCUT2D eigenvalue weighted by atomic mass is 10.1. The Bertz CT molecular complexity index is 159. The van der Waals surface area contributed by atoms with E-state index < -0.39 is 0 Å². The van der Waals surface area contributed by atoms with Gasteiger partial charge in [-0.2, -0.15) is 0 Å². The van der Waals surface area contributed by atoms with Gasteiger partial charge in [0.2, 0.25) is 0 Å². The van der Waals surface area contributed by atoms with Gasteiger partial charge in [-0.25, -0.2) is 4.79 Å². The Morgan fingerprint density at radius 3 is 3.00 bits per heavy atom. The van der Waals surface area contributed by atoms with Gasteiger partial charge in [0, 0.05) is 12.6 Å². The number of urea groups is 1. The number of hydrogen-bond acceptors (Lipinski definition) is 1. The molecular formula is C9H18N2O. The molecule has 70 valence electrons. The zero-order valence-corrected chi connectivity index (χ0v) is 7.75. The smallest absolute Gasteiger partial charge is 0.315 e. The van der Waals surface area contributed by atoms with E-state index in [9.17, 15) is 4.79 Å². The third kappa shape index (κ3) is 2.13. The Morgan fingerprint density at radius 2 is 2.42 bits per heavy atom. The molecule has 3 heteroatoms. The van der Waals surface area contributed by atoms with Gasteiger partial charge in [-0.05, 0) is 19.3 Å². The molecule has 1 aliphatic rings. The van der Waals surface area contributed by atoms with Gasteiger partial charge >= 0.3 is 6.03 Å². The minimum absolute atomic E-state index is 0.242. The van der Waals surface area contributed by atoms with Crippen LogP contribution in [0, 0.1) is 0 Å². The van der Waals surface area contributed by atoms with Crippen LogP contribution in [0.3, 0.4) is 0 Å². The van der Waals surface area contributed by atoms with Crippen LogP contribution >= 0.6 is 0 Å². The highest BCUT2D eigenvalue weighted by Crippen LogP contribution is 2.21. The lowest BCUT2D eigenvalue weighted by molar-refractivity contribution is 0.199. The molecule has 1 aliphatic heterocycles. The average molecular weight is 170 g/mol. The molecule has 2 amide bonds. The summed E-state index contributed by atoms with van der Waals surface area (Å²) in [5.41, 5.74) is 5.25. The third-order valence-electron chi connectivity index (χ3n) is 2.55. The first-order valence-electron chi connectivity index (χ1n) is 4.81. The van der Waals surface area contributed by atoms with Crippen LogP contribution in [0.25, 0.3) is 0 Å². The fraction of sp³-hybridized carbons (Fsp3) is 0.889. The van der Waals surface area contributed by atoms with E-state index in [2.05, 4.69) is 6.92 Å². The van der Waals surface area contributed by atoms with Gasteiger partial charge in [-0.3, -0.25) is 0 Å². The molecule has 1 fully saturated rings. The molecule has 3 nitrogen and oxygen atoms in total. The monoisotopic (exact) mass is 170 g/mol. The van der Waals surface area contributed by atoms with E-state index in [4.69, 9.17) is 5.73 Å². The molecule has 0 bridgehead atoms. The maximum Gasteiger partial charge on any atom is 0.315 e. The van der Waals surface area contributed by atoms with Crippen molar-refractivity contribution in [3.8, 4) is 0 Å². The zero-order valence-electron chi connectivity index (χ0n) is 7.75. The van der Waals surface area contributed by atoms with Crippen molar-refractivity contribution in [2.45, 2.75) is 45.1 Å². The maximum absolute atomic E-state index is 10.9. The van der Waals surface area contributed by atoms with E-state index >= 15 is 0 Å². The highest BCUT2D eigenvalue weighted by Gasteiger charge is 2.25. The minimum Gasteiger partial charge on any atom is -0.351 e. The third-order valence-corrected chi connectivity index (χ3v) is 2.55. The van der Waals surface area contributed by atoms with Gasteiger partial charge in [0.25, 0.3) is 0 Å². The molecule has 0 radical (unpaired) electrons. The summed E-state index contributed by atoms with van der Waals surface area (Å²) < 4.78 is 0. The minimum atomic E-state index is -0.242. The van der Waals surface area contributed by atoms with Crippen LogP contribution in [0.4, 0.5) is 4.79 Å². The van der Waals surface area contributed by atoms with Crippen molar-refractivity contribution < 1.29 is 4.79 Å². The number of primary amides is 1. The second kappa shape index (κ2) is 4.33. The maximum atomic E-state index is 10.9. The van der Waals surface area contributed by atoms with Crippen molar-refractivity contribution in [1.82, 2.24) is 4.90 Å². The van der Waals surface area contributed by atoms with Crippen LogP contribution in [-0.4, -0.2) is 23.5 Å². The lowest BCUT2D eigenvalue weighted by Gasteiger charge is -2.22. The Morgan fingerprint density at radius 1 is 1.67 bits per heavy atom. The van der Waals surface area contributed by atoms with E-state index in [0.717, 1.165) is 25.8 Å². The largest absolute Gasteiger partial charge is 0.351 e. The summed E-state index contributed by atoms with van der Waals surface area (Å²) in [4.78, 5) is 12.7. The molecule has 1 saturated heterocycles. The average Bonchev–Trinajstić information content (AvgIpc) is 2.48. The molecule has 0 unspecified atom stereocenters. The van der Waals surface area contributed by atoms with Crippen molar-refractivity contribution in [2.75, 3.05) is 6.54 Å². The summed E-state index contributed by atoms with van der Waals surface area (Å²) >= 11 is 0. The summed E-state index contributed by atoms with van der Waals surface area (Å²) in [5, 5.41) is 0. The number of carbonyl (C=O) groups excluding carboxylic acids is 1. The quantitative estimate of drug-likeness (QED) is 0.688. The zero-order chi connectivity index (χ0) is 8.97. The molecule has 0 aliphatic carbocycles. The molecule has 12 heavy (non-hydrogen) atoms. The predicted octanol–water partition coefficient (Wildman–Crippen LogP) is 1.72. The van der Waals surface area contributed by atoms with Crippen LogP contribution in [0.15, 0.2) is 0 Å². The highest BCUT2D eigenvalue weighted by molar-refractivity contribution is 5.72. The topological polar surface area (TPSA) is 46.3 Å². The number of nitrogens with zero attached hydrogens (tertiary/aromatic N) is 1. The van der Waals surface area contributed by atoms with E-state index in [1.165, 1.54) is 12.8 Å². The number of likely N-dealkylation sites (tertiary alicyclic amines) is 1. The Hall–Kier alpha value is -0.730. The highest BCUT2D eigenvalue weighted by atomic mass is 16.2. The number of amides is 2. The molecule has 0 saturated carbocycles. The summed E-state index contributed by atoms with van der Waals surface area (Å²) in [6, 6.07) is 0.191. The molecule has 1 heterocycles. The van der Waals surface area contributed by atoms with Crippen LogP contribution < -0.4 is 5.73 Å². The number of nitrogens with two attached hydrogens (primary N) is 1. The van der Waals surface area contributed by atoms with Gasteiger partial charge < -0.3 is 10.6 Å². The molecular weight excluding hydrogens is 152 g/mol. The predicted molar refractivity (Wildman–Crippen MR) is 48.8 cm³/mol. The molecule has 0 spiro atoms. The fourth-order valence-electron chi connectivity index (χ4n) is 1.87. The van der Waals surface area contributed by atoms with Crippen molar-refractivity contribution in [3.63, 3.8) is 0 Å². The van der Waals surface area contributed by atoms with Gasteiger partial charge in [0.15, 0.2) is 0 Å². The van der Waals surface area contributed by atoms with Crippen molar-refractivity contribution in [2.24, 2.45) is 5.73 Å². The molecule has 0 aromatic heterocycles. The number of unbranched alkanes of at least 4 members (excludes halogenated alkanes) is 1. The van der Waals surface area contributed by atoms with E-state index in [-0.39, 0.29) is 6.03 Å². The number of hydrogen-bond donors (Lipinski definition) is 1. The SMILES string of the molecule is CCCC[C@H]1CCCN1C(N)=O. The second-order valence-corrected chi connectivity index (χ2v) is 3.47. The fourth-order valence-corrected chi connectivity index (χ4v) is 1.87. The summed E-state index contributed by atoms with van der Waals surface area (Å²) in [6.45, 7) is 3.03. The lowest BCUT2D eigenvalue weighted by Crippen LogP contribution is -2.39. The van der Waals surface area contributed by atoms with Crippen molar-refractivity contribution in [3.05, 3.63) is 0 Å². The van der Waals surface area contributed by atoms with Gasteiger partial charge in [-0.1, -0.05) is 19.8 Å². The molecule has 2 N–H and O–H groups in total. The van der Waals surface area contributed by atoms with Gasteiger partial charge in [-0.15, -0.1) is 0 Å². The summed E-state index contributed by atoms with van der Waals surface area (Å²) in [7, 11) is 0. The molecule has 1 atom stereocenters. The van der Waals surface area contributed by atoms with Gasteiger partial charge in [0.05, 0.1) is 0 Å². The second-order valence-electron chi connectivity index (χ2n) is 3.47. The first kappa shape index (κ1) is 9.36. The molecule has 0 aromatic carbocycles. The number of rotatable bonds is 3. The standard InChI is InChI=1S/C9H18N2O/c1-2-3-5-8-6-4-7-11(8)9(10)12/h8H,2-7H2,1H3,(H2,10,12)/t8-/m0/s1. The van der Waals surface area contributed by atoms with E-state index in [0.29, 0.717) is 6.04 Å². The first-order valence-corrected chi connectivity index (χ1v) is 4.81. The summed E-state index contributed by atoms with van der Waals surface area (Å²) in [6.07, 6.45) is 5.79. The van der Waals surface area contributed by atoms with Crippen LogP contribution in [0.1, 0.15) is 39.0 Å². The number of carbonyl (C=O) groups is 1. The van der Waals surface area contributed by atoms with Gasteiger partial charge in [0.1, 0.15) is 0 Å². The van der Waals surface area contributed by atoms with E-state index in [1.807, 2.05) is 4.90 Å². The van der Waals surface area contributed by atoms with Crippen LogP contribution in [-0.2, 0) is 0 Å². The van der Waals surface area contributed by atoms with E-state index in [1.54, 1.807) is 0 Å². The molecule has 0 aromatic rings. The molecule has 1 rings (SSSR count). The van der Waals surface area contributed by atoms with Crippen molar-refractivity contribution in [1.29, 1.82) is 0 Å². The Balaban J connectivity index is 2.35. The van der Waals surface area contributed by atoms with Crippen LogP contribution in [0.2, 0.25) is 0 Å².